The molecule has 0 spiro atoms. The first-order chi connectivity index (χ1) is 18.6. The van der Waals surface area contributed by atoms with Crippen LogP contribution in [0.25, 0.3) is 22.3 Å². The lowest BCUT2D eigenvalue weighted by Gasteiger charge is -2.20. The Labute approximate surface area is 238 Å². The van der Waals surface area contributed by atoms with Crippen molar-refractivity contribution in [2.24, 2.45) is 0 Å². The van der Waals surface area contributed by atoms with Gasteiger partial charge < -0.3 is 14.5 Å². The topological polar surface area (TPSA) is 68.5 Å². The van der Waals surface area contributed by atoms with E-state index in [9.17, 15) is 22.8 Å². The van der Waals surface area contributed by atoms with Crippen molar-refractivity contribution >= 4 is 45.8 Å². The van der Waals surface area contributed by atoms with Gasteiger partial charge >= 0.3 is 6.18 Å². The summed E-state index contributed by atoms with van der Waals surface area (Å²) in [4.78, 5) is 26.6. The molecule has 0 radical (unpaired) electrons. The van der Waals surface area contributed by atoms with Crippen LogP contribution >= 0.6 is 23.2 Å². The number of amides is 1. The molecule has 0 fully saturated rings. The molecule has 4 rings (SSSR count). The number of alkyl halides is 3. The zero-order valence-corrected chi connectivity index (χ0v) is 23.8. The van der Waals surface area contributed by atoms with E-state index < -0.39 is 29.2 Å². The molecule has 5 nitrogen and oxygen atoms in total. The van der Waals surface area contributed by atoms with E-state index in [2.05, 4.69) is 26.1 Å². The highest BCUT2D eigenvalue weighted by molar-refractivity contribution is 6.33. The highest BCUT2D eigenvalue weighted by Gasteiger charge is 2.31. The number of rotatable bonds is 5. The number of carbonyl (C=O) groups excluding carboxylic acids is 1. The fourth-order valence-electron chi connectivity index (χ4n) is 3.98. The minimum Gasteiger partial charge on any atom is -0.473 e. The maximum atomic E-state index is 13.6. The van der Waals surface area contributed by atoms with Crippen molar-refractivity contribution in [3.8, 4) is 17.1 Å². The molecule has 4 aromatic rings. The van der Waals surface area contributed by atoms with Gasteiger partial charge in [-0.05, 0) is 60.7 Å². The molecule has 1 unspecified atom stereocenters. The number of ether oxygens (including phenoxy) is 1. The number of nitrogens with one attached hydrogen (secondary N) is 1. The molecule has 0 saturated carbocycles. The first-order valence-electron chi connectivity index (χ1n) is 12.3. The Hall–Kier alpha value is -3.49. The first kappa shape index (κ1) is 29.5. The van der Waals surface area contributed by atoms with Crippen molar-refractivity contribution < 1.29 is 27.1 Å². The summed E-state index contributed by atoms with van der Waals surface area (Å²) >= 11 is 12.3. The van der Waals surface area contributed by atoms with Crippen molar-refractivity contribution in [1.29, 1.82) is 0 Å². The summed E-state index contributed by atoms with van der Waals surface area (Å²) in [6.45, 7) is 9.33. The number of fused-ring (bicyclic) bond motifs is 1. The number of halogens is 5. The van der Waals surface area contributed by atoms with Gasteiger partial charge in [0, 0.05) is 10.6 Å². The Kier molecular flexibility index (Phi) is 7.98. The molecule has 0 aliphatic rings. The number of benzene rings is 3. The van der Waals surface area contributed by atoms with Crippen LogP contribution in [-0.4, -0.2) is 12.0 Å². The Morgan fingerprint density at radius 2 is 1.57 bits per heavy atom. The van der Waals surface area contributed by atoms with Crippen molar-refractivity contribution in [2.75, 3.05) is 5.32 Å². The van der Waals surface area contributed by atoms with Crippen LogP contribution in [0.3, 0.4) is 0 Å². The maximum absolute atomic E-state index is 13.6. The summed E-state index contributed by atoms with van der Waals surface area (Å²) in [6, 6.07) is 13.1. The summed E-state index contributed by atoms with van der Waals surface area (Å²) in [7, 11) is 0. The largest absolute Gasteiger partial charge is 0.473 e. The van der Waals surface area contributed by atoms with Crippen molar-refractivity contribution in [3.63, 3.8) is 0 Å². The van der Waals surface area contributed by atoms with Gasteiger partial charge in [0.05, 0.1) is 21.7 Å². The van der Waals surface area contributed by atoms with Crippen LogP contribution in [-0.2, 0) is 16.4 Å². The second kappa shape index (κ2) is 10.8. The molecule has 1 heterocycles. The molecule has 10 heteroatoms. The quantitative estimate of drug-likeness (QED) is 0.252. The Balaban J connectivity index is 1.75. The van der Waals surface area contributed by atoms with Gasteiger partial charge in [0.25, 0.3) is 5.91 Å². The van der Waals surface area contributed by atoms with Crippen LogP contribution in [0, 0.1) is 6.92 Å². The predicted molar refractivity (Wildman–Crippen MR) is 152 cm³/mol. The van der Waals surface area contributed by atoms with Crippen LogP contribution in [0.5, 0.6) is 5.75 Å². The summed E-state index contributed by atoms with van der Waals surface area (Å²) in [5, 5.41) is 2.75. The number of anilines is 1. The minimum atomic E-state index is -4.63. The fourth-order valence-corrected chi connectivity index (χ4v) is 4.31. The van der Waals surface area contributed by atoms with E-state index in [-0.39, 0.29) is 38.6 Å². The van der Waals surface area contributed by atoms with Gasteiger partial charge in [0.15, 0.2) is 11.9 Å². The minimum absolute atomic E-state index is 0.0939. The summed E-state index contributed by atoms with van der Waals surface area (Å²) < 4.78 is 51.5. The molecular weight excluding hydrogens is 566 g/mol. The molecule has 1 atom stereocenters. The van der Waals surface area contributed by atoms with Gasteiger partial charge in [-0.15, -0.1) is 0 Å². The maximum Gasteiger partial charge on any atom is 0.416 e. The van der Waals surface area contributed by atoms with Crippen LogP contribution in [0.1, 0.15) is 44.4 Å². The smallest absolute Gasteiger partial charge is 0.416 e. The molecule has 40 heavy (non-hydrogen) atoms. The van der Waals surface area contributed by atoms with Gasteiger partial charge in [-0.1, -0.05) is 68.2 Å². The van der Waals surface area contributed by atoms with E-state index in [1.165, 1.54) is 13.0 Å². The van der Waals surface area contributed by atoms with Crippen molar-refractivity contribution in [3.05, 3.63) is 91.6 Å². The van der Waals surface area contributed by atoms with Crippen LogP contribution in [0.2, 0.25) is 10.0 Å². The molecule has 1 amide bonds. The van der Waals surface area contributed by atoms with Crippen molar-refractivity contribution in [2.45, 2.75) is 52.3 Å². The highest BCUT2D eigenvalue weighted by Crippen LogP contribution is 2.36. The molecule has 0 bridgehead atoms. The van der Waals surface area contributed by atoms with Crippen LogP contribution in [0.4, 0.5) is 18.9 Å². The summed E-state index contributed by atoms with van der Waals surface area (Å²) in [5.41, 5.74) is 0.653. The van der Waals surface area contributed by atoms with Crippen molar-refractivity contribution in [1.82, 2.24) is 0 Å². The van der Waals surface area contributed by atoms with E-state index >= 15 is 0 Å². The molecule has 1 aromatic heterocycles. The third kappa shape index (κ3) is 6.13. The average Bonchev–Trinajstić information content (AvgIpc) is 2.87. The second-order valence-corrected chi connectivity index (χ2v) is 11.3. The molecule has 0 saturated heterocycles. The molecule has 1 N–H and O–H groups in total. The third-order valence-electron chi connectivity index (χ3n) is 6.36. The van der Waals surface area contributed by atoms with Gasteiger partial charge in [-0.2, -0.15) is 13.2 Å². The lowest BCUT2D eigenvalue weighted by atomic mass is 9.86. The van der Waals surface area contributed by atoms with E-state index in [4.69, 9.17) is 32.4 Å². The lowest BCUT2D eigenvalue weighted by molar-refractivity contribution is -0.137. The lowest BCUT2D eigenvalue weighted by Crippen LogP contribution is -2.32. The molecular formula is C30H26Cl2F3NO4. The average molecular weight is 592 g/mol. The number of hydrogen-bond donors (Lipinski definition) is 1. The summed E-state index contributed by atoms with van der Waals surface area (Å²) in [6.07, 6.45) is -5.95. The zero-order valence-electron chi connectivity index (χ0n) is 22.3. The first-order valence-corrected chi connectivity index (χ1v) is 13.0. The molecule has 3 aromatic carbocycles. The van der Waals surface area contributed by atoms with Crippen LogP contribution < -0.4 is 15.5 Å². The summed E-state index contributed by atoms with van der Waals surface area (Å²) in [5.74, 6) is -0.971. The zero-order chi connectivity index (χ0) is 29.6. The Morgan fingerprint density at radius 3 is 2.17 bits per heavy atom. The fraction of sp³-hybridized carbons (Fsp3) is 0.267. The van der Waals surface area contributed by atoms with Gasteiger partial charge in [-0.25, -0.2) is 0 Å². The van der Waals surface area contributed by atoms with Gasteiger partial charge in [-0.3, -0.25) is 9.59 Å². The van der Waals surface area contributed by atoms with Crippen LogP contribution in [0.15, 0.2) is 63.8 Å². The molecule has 0 aliphatic heterocycles. The standard InChI is InChI=1S/C30H26Cl2F3NO4/c1-15-12-24-20(14-22(15)32)25(37)27(26(40-24)17-6-8-18(9-7-17)29(3,4)5)39-16(2)28(38)36-23-13-19(30(33,34)35)10-11-21(23)31/h6-14,16H,1-5H3,(H,36,38). The molecule has 210 valence electrons. The number of hydrogen-bond acceptors (Lipinski definition) is 4. The normalized spacial score (nSPS) is 12.8. The van der Waals surface area contributed by atoms with E-state index in [0.717, 1.165) is 23.8 Å². The highest BCUT2D eigenvalue weighted by atomic mass is 35.5. The monoisotopic (exact) mass is 591 g/mol. The number of carbonyl (C=O) groups is 1. The van der Waals surface area contributed by atoms with Gasteiger partial charge in [0.1, 0.15) is 5.58 Å². The number of aryl methyl sites for hydroxylation is 1. The van der Waals surface area contributed by atoms with E-state index in [1.54, 1.807) is 25.1 Å². The Morgan fingerprint density at radius 1 is 0.950 bits per heavy atom. The van der Waals surface area contributed by atoms with E-state index in [1.807, 2.05) is 12.1 Å². The SMILES string of the molecule is Cc1cc2oc(-c3ccc(C(C)(C)C)cc3)c(OC(C)C(=O)Nc3cc(C(F)(F)F)ccc3Cl)c(=O)c2cc1Cl. The predicted octanol–water partition coefficient (Wildman–Crippen LogP) is 8.80. The molecule has 0 aliphatic carbocycles. The van der Waals surface area contributed by atoms with Gasteiger partial charge in [0.2, 0.25) is 11.2 Å². The third-order valence-corrected chi connectivity index (χ3v) is 7.10. The van der Waals surface area contributed by atoms with E-state index in [0.29, 0.717) is 16.1 Å². The second-order valence-electron chi connectivity index (χ2n) is 10.5. The Bertz CT molecular complexity index is 1660.